The second-order valence-electron chi connectivity index (χ2n) is 11.9. The number of rotatable bonds is 11. The predicted molar refractivity (Wildman–Crippen MR) is 164 cm³/mol. The Morgan fingerprint density at radius 1 is 0.962 bits per heavy atom. The fraction of sp³-hybridized carbons (Fsp3) is 0.407. The van der Waals surface area contributed by atoms with Crippen LogP contribution in [0.3, 0.4) is 0 Å². The molecule has 7 heterocycles. The van der Waals surface area contributed by atoms with Crippen LogP contribution in [0.25, 0.3) is 11.2 Å². The fourth-order valence-electron chi connectivity index (χ4n) is 6.07. The minimum Gasteiger partial charge on any atom is -0.603 e. The molecule has 4 aromatic rings. The van der Waals surface area contributed by atoms with E-state index >= 15 is 0 Å². The van der Waals surface area contributed by atoms with E-state index in [1.807, 2.05) is 0 Å². The van der Waals surface area contributed by atoms with Gasteiger partial charge in [0.25, 0.3) is 12.1 Å². The van der Waals surface area contributed by atoms with E-state index in [0.29, 0.717) is 5.56 Å². The average molecular weight is 770 g/mol. The number of carbonyl (C=O) groups excluding carboxylic acids is 1. The Bertz CT molecular complexity index is 1960. The van der Waals surface area contributed by atoms with Crippen LogP contribution in [0, 0.1) is 0 Å². The van der Waals surface area contributed by atoms with Crippen molar-refractivity contribution < 1.29 is 77.3 Å². The lowest BCUT2D eigenvalue weighted by molar-refractivity contribution is -0.765. The highest BCUT2D eigenvalue weighted by Gasteiger charge is 2.54. The molecule has 1 amide bonds. The van der Waals surface area contributed by atoms with Crippen LogP contribution in [0.1, 0.15) is 33.9 Å². The highest BCUT2D eigenvalue weighted by molar-refractivity contribution is 7.66. The van der Waals surface area contributed by atoms with E-state index in [0.717, 1.165) is 6.33 Å². The first-order chi connectivity index (χ1) is 24.6. The van der Waals surface area contributed by atoms with Crippen molar-refractivity contribution in [1.82, 2.24) is 29.8 Å². The molecular weight excluding hydrogens is 738 g/mol. The number of aromatic nitrogens is 6. The number of nitrogen functional groups attached to an aromatic ring is 1. The number of hydrogen-bond donors (Lipinski definition) is 9. The first kappa shape index (κ1) is 36.8. The van der Waals surface area contributed by atoms with Crippen LogP contribution in [0.15, 0.2) is 55.6 Å². The fourth-order valence-corrected chi connectivity index (χ4v) is 8.16. The largest absolute Gasteiger partial charge is 0.603 e. The minimum atomic E-state index is -5.43. The molecule has 278 valence electrons. The van der Waals surface area contributed by atoms with Crippen LogP contribution in [-0.2, 0) is 28.6 Å². The van der Waals surface area contributed by atoms with Crippen LogP contribution < -0.4 is 25.4 Å². The van der Waals surface area contributed by atoms with Gasteiger partial charge in [0.05, 0.1) is 6.33 Å². The number of aliphatic hydroxyl groups is 5. The molecule has 0 bridgehead atoms. The summed E-state index contributed by atoms with van der Waals surface area (Å²) in [6.07, 6.45) is -4.39. The number of nitrogens with zero attached hydrogens (tertiary/aromatic N) is 6. The molecule has 2 fully saturated rings. The quantitative estimate of drug-likeness (QED) is 0.0510. The van der Waals surface area contributed by atoms with Crippen molar-refractivity contribution in [2.45, 2.75) is 54.8 Å². The highest BCUT2D eigenvalue weighted by Crippen LogP contribution is 2.65. The Morgan fingerprint density at radius 3 is 2.31 bits per heavy atom. The summed E-state index contributed by atoms with van der Waals surface area (Å²) in [6.45, 7) is -1.86. The Hall–Kier alpha value is -3.58. The monoisotopic (exact) mass is 769 g/mol. The Balaban J connectivity index is 0.949. The zero-order valence-corrected chi connectivity index (χ0v) is 28.1. The molecule has 25 heteroatoms. The van der Waals surface area contributed by atoms with Gasteiger partial charge in [-0.25, -0.2) is 15.0 Å². The van der Waals surface area contributed by atoms with Crippen molar-refractivity contribution in [1.29, 1.82) is 0 Å². The van der Waals surface area contributed by atoms with Gasteiger partial charge in [0.1, 0.15) is 61.1 Å². The number of carbonyl (C=O) groups is 1. The highest BCUT2D eigenvalue weighted by atomic mass is 31.3. The van der Waals surface area contributed by atoms with Crippen molar-refractivity contribution in [3.63, 3.8) is 0 Å². The summed E-state index contributed by atoms with van der Waals surface area (Å²) in [7, 11) is -10.9. The molecule has 4 aromatic heterocycles. The molecule has 23 nitrogen and oxygen atoms in total. The molecule has 0 saturated carbocycles. The number of hydrogen-bond acceptors (Lipinski definition) is 20. The molecule has 0 aliphatic carbocycles. The van der Waals surface area contributed by atoms with Gasteiger partial charge in [0.15, 0.2) is 41.9 Å². The summed E-state index contributed by atoms with van der Waals surface area (Å²) in [5, 5.41) is 56.1. The van der Waals surface area contributed by atoms with Crippen molar-refractivity contribution >= 4 is 39.2 Å². The second kappa shape index (κ2) is 13.7. The zero-order chi connectivity index (χ0) is 37.2. The number of fused-ring (bicyclic) bond motifs is 2. The molecule has 0 radical (unpaired) electrons. The lowest BCUT2D eigenvalue weighted by Crippen LogP contribution is -2.46. The normalized spacial score (nSPS) is 32.4. The number of imidazole rings is 1. The maximum absolute atomic E-state index is 12.8. The number of anilines is 1. The van der Waals surface area contributed by atoms with Crippen LogP contribution >= 0.6 is 16.3 Å². The maximum Gasteiger partial charge on any atom is 0.434 e. The lowest BCUT2D eigenvalue weighted by atomic mass is 9.96. The van der Waals surface area contributed by atoms with E-state index in [1.54, 1.807) is 0 Å². The number of nitrogens with two attached hydrogens (primary N) is 1. The first-order valence-corrected chi connectivity index (χ1v) is 18.2. The van der Waals surface area contributed by atoms with Gasteiger partial charge in [0, 0.05) is 33.9 Å². The third-order valence-corrected chi connectivity index (χ3v) is 11.2. The van der Waals surface area contributed by atoms with E-state index in [1.165, 1.54) is 58.4 Å². The van der Waals surface area contributed by atoms with Crippen LogP contribution in [0.5, 0.6) is 0 Å². The lowest BCUT2D eigenvalue weighted by Gasteiger charge is -2.25. The zero-order valence-electron chi connectivity index (χ0n) is 26.3. The molecule has 2 saturated heterocycles. The van der Waals surface area contributed by atoms with Gasteiger partial charge in [-0.3, -0.25) is 14.3 Å². The summed E-state index contributed by atoms with van der Waals surface area (Å²) in [4.78, 5) is 74.1. The Labute approximate surface area is 292 Å². The number of phosphoric ester groups is 2. The van der Waals surface area contributed by atoms with E-state index in [9.17, 15) is 49.9 Å². The molecule has 11 atom stereocenters. The topological polar surface area (TPSA) is 349 Å². The third kappa shape index (κ3) is 6.71. The number of ether oxygens (including phenoxy) is 2. The number of nitrogens with one attached hydrogen (secondary N) is 1. The van der Waals surface area contributed by atoms with Crippen LogP contribution in [0.2, 0.25) is 0 Å². The molecule has 52 heavy (non-hydrogen) atoms. The van der Waals surface area contributed by atoms with Gasteiger partial charge in [0.2, 0.25) is 0 Å². The average Bonchev–Trinajstić information content (AvgIpc) is 3.82. The summed E-state index contributed by atoms with van der Waals surface area (Å²) in [5.74, 6) is -0.607. The Kier molecular flexibility index (Phi) is 9.67. The summed E-state index contributed by atoms with van der Waals surface area (Å²) in [5.41, 5.74) is 4.80. The van der Waals surface area contributed by atoms with Gasteiger partial charge in [-0.1, -0.05) is 0 Å². The summed E-state index contributed by atoms with van der Waals surface area (Å²) >= 11 is 0. The third-order valence-electron chi connectivity index (χ3n) is 8.65. The van der Waals surface area contributed by atoms with Crippen molar-refractivity contribution in [2.24, 2.45) is 0 Å². The standard InChI is InChI=1S/C27H30N8O15P2/c28-22-17-23(31-10-30-22)35(11-32-17)26-21(39)19(37)16(49-26)9-47-52(44,45)50-51(42,43)46-8-15-18(36)20(38)25(48-15)34-6-3-14-13(7-34)24(40)33-27(14,41)12-1-4-29-5-2-12/h1-7,10-11,15-16,18-21,25-26,36-39,41H,8-9H2,(H4-,28,30,31,33,40,42,43,44,45)/p+1/t15-,16-,18-,19-,20-,21-,25-,26-,27+/m1/s1. The first-order valence-electron chi connectivity index (χ1n) is 15.2. The number of phosphoric acid groups is 2. The summed E-state index contributed by atoms with van der Waals surface area (Å²) in [6, 6.07) is 4.43. The van der Waals surface area contributed by atoms with E-state index < -0.39 is 90.3 Å². The van der Waals surface area contributed by atoms with E-state index in [2.05, 4.69) is 29.6 Å². The van der Waals surface area contributed by atoms with Crippen molar-refractivity contribution in [2.75, 3.05) is 18.9 Å². The van der Waals surface area contributed by atoms with E-state index in [-0.39, 0.29) is 28.1 Å². The number of amides is 1. The van der Waals surface area contributed by atoms with Gasteiger partial charge < -0.3 is 55.8 Å². The predicted octanol–water partition coefficient (Wildman–Crippen LogP) is -4.92. The van der Waals surface area contributed by atoms with Gasteiger partial charge >= 0.3 is 16.3 Å². The van der Waals surface area contributed by atoms with Gasteiger partial charge in [-0.2, -0.15) is 23.4 Å². The molecular formula is C27H31N8O15P2+. The van der Waals surface area contributed by atoms with E-state index in [4.69, 9.17) is 24.3 Å². The minimum absolute atomic E-state index is 0.0225. The van der Waals surface area contributed by atoms with Crippen molar-refractivity contribution in [3.8, 4) is 0 Å². The number of pyridine rings is 2. The summed E-state index contributed by atoms with van der Waals surface area (Å²) < 4.78 is 27.5. The van der Waals surface area contributed by atoms with Gasteiger partial charge in [-0.05, 0) is 12.1 Å². The molecule has 0 aromatic carbocycles. The molecule has 3 aliphatic rings. The SMILES string of the molecule is Nc1ncnc2c1ncn2[C@@H]1O[C@H](CO[P+]([O-])(O)O[P+]([O-])(O)OC[C@H]2O[C@@H]([n+]3ccc4c(c3)C(=O)N[C@]4(O)c3ccncc3)[C@H](O)[C@@H]2O)[C@@H](O)[C@H]1O. The second-order valence-corrected chi connectivity index (χ2v) is 14.9. The molecule has 0 spiro atoms. The van der Waals surface area contributed by atoms with Gasteiger partial charge in [-0.15, -0.1) is 0 Å². The smallest absolute Gasteiger partial charge is 0.434 e. The molecule has 10 N–H and O–H groups in total. The van der Waals surface area contributed by atoms with Crippen LogP contribution in [-0.4, -0.2) is 116 Å². The number of aliphatic hydroxyl groups excluding tert-OH is 4. The molecule has 3 aliphatic heterocycles. The molecule has 2 unspecified atom stereocenters. The molecule has 7 rings (SSSR count). The maximum atomic E-state index is 12.8. The van der Waals surface area contributed by atoms with Crippen molar-refractivity contribution in [3.05, 3.63) is 72.3 Å². The Morgan fingerprint density at radius 2 is 1.62 bits per heavy atom. The van der Waals surface area contributed by atoms with Crippen LogP contribution in [0.4, 0.5) is 5.82 Å².